The van der Waals surface area contributed by atoms with E-state index < -0.39 is 0 Å². The Hall–Kier alpha value is -2.41. The van der Waals surface area contributed by atoms with Crippen LogP contribution in [0.2, 0.25) is 0 Å². The number of carbonyl (C=O) groups excluding carboxylic acids is 1. The van der Waals surface area contributed by atoms with Crippen molar-refractivity contribution in [3.63, 3.8) is 0 Å². The number of carbonyl (C=O) groups is 1. The number of amides is 1. The molecule has 1 fully saturated rings. The van der Waals surface area contributed by atoms with Gasteiger partial charge in [0.05, 0.1) is 12.2 Å². The van der Waals surface area contributed by atoms with Crippen LogP contribution in [0.25, 0.3) is 0 Å². The van der Waals surface area contributed by atoms with Gasteiger partial charge in [0.15, 0.2) is 0 Å². The van der Waals surface area contributed by atoms with Crippen LogP contribution in [0.5, 0.6) is 0 Å². The highest BCUT2D eigenvalue weighted by atomic mass is 16.2. The summed E-state index contributed by atoms with van der Waals surface area (Å²) < 4.78 is 3.56. The van der Waals surface area contributed by atoms with E-state index in [-0.39, 0.29) is 11.5 Å². The molecule has 2 aromatic rings. The second-order valence-corrected chi connectivity index (χ2v) is 7.22. The molecule has 4 rings (SSSR count). The molecule has 0 radical (unpaired) electrons. The second kappa shape index (κ2) is 7.07. The van der Waals surface area contributed by atoms with Gasteiger partial charge in [-0.25, -0.2) is 4.98 Å². The summed E-state index contributed by atoms with van der Waals surface area (Å²) >= 11 is 0. The van der Waals surface area contributed by atoms with Gasteiger partial charge in [-0.3, -0.25) is 19.1 Å². The molecule has 0 aliphatic carbocycles. The van der Waals surface area contributed by atoms with Crippen molar-refractivity contribution < 1.29 is 4.79 Å². The predicted molar refractivity (Wildman–Crippen MR) is 97.8 cm³/mol. The molecular weight excluding hydrogens is 330 g/mol. The first-order valence-corrected chi connectivity index (χ1v) is 9.34. The molecule has 2 aliphatic heterocycles. The van der Waals surface area contributed by atoms with Crippen molar-refractivity contribution in [3.8, 4) is 0 Å². The van der Waals surface area contributed by atoms with Gasteiger partial charge >= 0.3 is 0 Å². The molecule has 2 aliphatic rings. The van der Waals surface area contributed by atoms with Gasteiger partial charge in [0.1, 0.15) is 11.5 Å². The maximum absolute atomic E-state index is 12.9. The summed E-state index contributed by atoms with van der Waals surface area (Å²) in [6.45, 7) is 4.48. The van der Waals surface area contributed by atoms with E-state index in [0.717, 1.165) is 31.7 Å². The molecule has 2 aromatic heterocycles. The van der Waals surface area contributed by atoms with Crippen LogP contribution in [-0.4, -0.2) is 49.5 Å². The lowest BCUT2D eigenvalue weighted by molar-refractivity contribution is 0.0734. The minimum atomic E-state index is -0.00913. The zero-order valence-corrected chi connectivity index (χ0v) is 15.2. The third kappa shape index (κ3) is 3.31. The van der Waals surface area contributed by atoms with Crippen LogP contribution in [0.15, 0.2) is 29.2 Å². The van der Waals surface area contributed by atoms with E-state index >= 15 is 0 Å². The number of hydrogen-bond donors (Lipinski definition) is 0. The summed E-state index contributed by atoms with van der Waals surface area (Å²) in [7, 11) is 1.87. The molecule has 1 amide bonds. The molecule has 7 nitrogen and oxygen atoms in total. The van der Waals surface area contributed by atoms with Crippen molar-refractivity contribution in [1.82, 2.24) is 23.9 Å². The van der Waals surface area contributed by atoms with Gasteiger partial charge in [0.25, 0.3) is 11.5 Å². The van der Waals surface area contributed by atoms with Crippen molar-refractivity contribution in [3.05, 3.63) is 52.0 Å². The van der Waals surface area contributed by atoms with Crippen LogP contribution in [0.3, 0.4) is 0 Å². The summed E-state index contributed by atoms with van der Waals surface area (Å²) in [4.78, 5) is 34.3. The molecule has 0 atom stereocenters. The molecular formula is C19H25N5O2. The molecule has 0 N–H and O–H groups in total. The van der Waals surface area contributed by atoms with Crippen molar-refractivity contribution in [1.29, 1.82) is 0 Å². The first-order valence-electron chi connectivity index (χ1n) is 9.34. The maximum atomic E-state index is 12.9. The minimum Gasteiger partial charge on any atom is -0.347 e. The SMILES string of the molecule is Cn1cccc1C(=O)N1CCCn2c(nc(CN3CCCC3)cc2=O)C1. The summed E-state index contributed by atoms with van der Waals surface area (Å²) in [6.07, 6.45) is 5.05. The highest BCUT2D eigenvalue weighted by Crippen LogP contribution is 2.15. The van der Waals surface area contributed by atoms with Crippen molar-refractivity contribution >= 4 is 5.91 Å². The molecule has 7 heteroatoms. The average Bonchev–Trinajstić information content (AvgIpc) is 3.21. The van der Waals surface area contributed by atoms with E-state index in [1.54, 1.807) is 15.5 Å². The van der Waals surface area contributed by atoms with E-state index in [1.165, 1.54) is 12.8 Å². The normalized spacial score (nSPS) is 18.0. The number of nitrogens with zero attached hydrogens (tertiary/aromatic N) is 5. The molecule has 0 saturated carbocycles. The molecule has 1 saturated heterocycles. The summed E-state index contributed by atoms with van der Waals surface area (Å²) in [5.41, 5.74) is 1.47. The Balaban J connectivity index is 1.60. The van der Waals surface area contributed by atoms with Crippen molar-refractivity contribution in [2.24, 2.45) is 7.05 Å². The third-order valence-electron chi connectivity index (χ3n) is 5.32. The minimum absolute atomic E-state index is 0.00244. The van der Waals surface area contributed by atoms with Crippen LogP contribution in [0, 0.1) is 0 Å². The molecule has 0 spiro atoms. The van der Waals surface area contributed by atoms with Crippen LogP contribution in [-0.2, 0) is 26.7 Å². The summed E-state index contributed by atoms with van der Waals surface area (Å²) in [5, 5.41) is 0. The van der Waals surface area contributed by atoms with Gasteiger partial charge < -0.3 is 9.47 Å². The van der Waals surface area contributed by atoms with E-state index in [0.29, 0.717) is 31.2 Å². The molecule has 0 unspecified atom stereocenters. The average molecular weight is 355 g/mol. The standard InChI is InChI=1S/C19H25N5O2/c1-21-7-4-6-16(21)19(26)23-10-5-11-24-17(14-23)20-15(12-18(24)25)13-22-8-2-3-9-22/h4,6-7,12H,2-3,5,8-11,13-14H2,1H3. The van der Waals surface area contributed by atoms with E-state index in [9.17, 15) is 9.59 Å². The molecule has 4 heterocycles. The highest BCUT2D eigenvalue weighted by molar-refractivity contribution is 5.92. The van der Waals surface area contributed by atoms with Gasteiger partial charge in [-0.15, -0.1) is 0 Å². The topological polar surface area (TPSA) is 63.4 Å². The summed E-state index contributed by atoms with van der Waals surface area (Å²) in [6, 6.07) is 5.37. The Morgan fingerprint density at radius 3 is 2.69 bits per heavy atom. The summed E-state index contributed by atoms with van der Waals surface area (Å²) in [5.74, 6) is 0.692. The monoisotopic (exact) mass is 355 g/mol. The fourth-order valence-electron chi connectivity index (χ4n) is 3.90. The molecule has 0 bridgehead atoms. The Bertz CT molecular complexity index is 863. The van der Waals surface area contributed by atoms with Gasteiger partial charge in [-0.05, 0) is 44.5 Å². The lowest BCUT2D eigenvalue weighted by Crippen LogP contribution is -2.33. The Morgan fingerprint density at radius 1 is 1.15 bits per heavy atom. The van der Waals surface area contributed by atoms with Crippen LogP contribution in [0.4, 0.5) is 0 Å². The zero-order chi connectivity index (χ0) is 18.1. The third-order valence-corrected chi connectivity index (χ3v) is 5.32. The first-order chi connectivity index (χ1) is 12.6. The number of aryl methyl sites for hydroxylation is 1. The highest BCUT2D eigenvalue weighted by Gasteiger charge is 2.24. The second-order valence-electron chi connectivity index (χ2n) is 7.22. The van der Waals surface area contributed by atoms with Crippen molar-refractivity contribution in [2.45, 2.75) is 38.9 Å². The van der Waals surface area contributed by atoms with Gasteiger partial charge in [0.2, 0.25) is 0 Å². The smallest absolute Gasteiger partial charge is 0.270 e. The lowest BCUT2D eigenvalue weighted by Gasteiger charge is -2.21. The van der Waals surface area contributed by atoms with Crippen molar-refractivity contribution in [2.75, 3.05) is 19.6 Å². The van der Waals surface area contributed by atoms with E-state index in [2.05, 4.69) is 4.90 Å². The predicted octanol–water partition coefficient (Wildman–Crippen LogP) is 1.22. The molecule has 138 valence electrons. The molecule has 26 heavy (non-hydrogen) atoms. The van der Waals surface area contributed by atoms with Gasteiger partial charge in [-0.2, -0.15) is 0 Å². The Kier molecular flexibility index (Phi) is 4.63. The zero-order valence-electron chi connectivity index (χ0n) is 15.2. The van der Waals surface area contributed by atoms with Gasteiger partial charge in [-0.1, -0.05) is 0 Å². The number of rotatable bonds is 3. The molecule has 0 aromatic carbocycles. The van der Waals surface area contributed by atoms with Gasteiger partial charge in [0, 0.05) is 38.9 Å². The lowest BCUT2D eigenvalue weighted by atomic mass is 10.3. The quantitative estimate of drug-likeness (QED) is 0.831. The Labute approximate surface area is 152 Å². The van der Waals surface area contributed by atoms with Crippen LogP contribution < -0.4 is 5.56 Å². The largest absolute Gasteiger partial charge is 0.347 e. The fourth-order valence-corrected chi connectivity index (χ4v) is 3.90. The number of aromatic nitrogens is 3. The van der Waals surface area contributed by atoms with E-state index in [1.807, 2.05) is 29.9 Å². The number of hydrogen-bond acceptors (Lipinski definition) is 4. The first kappa shape index (κ1) is 17.0. The van der Waals surface area contributed by atoms with Crippen LogP contribution in [0.1, 0.15) is 41.3 Å². The maximum Gasteiger partial charge on any atom is 0.270 e. The van der Waals surface area contributed by atoms with Crippen LogP contribution >= 0.6 is 0 Å². The van der Waals surface area contributed by atoms with E-state index in [4.69, 9.17) is 4.98 Å². The number of likely N-dealkylation sites (tertiary alicyclic amines) is 1. The number of fused-ring (bicyclic) bond motifs is 1. The Morgan fingerprint density at radius 2 is 1.96 bits per heavy atom. The fraction of sp³-hybridized carbons (Fsp3) is 0.526.